The Hall–Kier alpha value is -3.02. The van der Waals surface area contributed by atoms with Crippen molar-refractivity contribution in [3.8, 4) is 17.1 Å². The van der Waals surface area contributed by atoms with Crippen LogP contribution in [0, 0.1) is 11.7 Å². The van der Waals surface area contributed by atoms with Gasteiger partial charge in [0.05, 0.1) is 41.2 Å². The van der Waals surface area contributed by atoms with E-state index >= 15 is 0 Å². The van der Waals surface area contributed by atoms with E-state index in [0.717, 1.165) is 19.3 Å². The lowest BCUT2D eigenvalue weighted by atomic mass is 10.0. The van der Waals surface area contributed by atoms with Gasteiger partial charge in [0.1, 0.15) is 11.6 Å². The largest absolute Gasteiger partial charge is 0.495 e. The van der Waals surface area contributed by atoms with Gasteiger partial charge in [-0.15, -0.1) is 0 Å². The SMILES string of the molecule is COc1cnc2c(c1)C(=O)c1c-2n(CCCCC(C)C)c(=O)c2cc(F)ccc12. The van der Waals surface area contributed by atoms with E-state index in [-0.39, 0.29) is 16.7 Å². The van der Waals surface area contributed by atoms with E-state index in [1.807, 2.05) is 0 Å². The smallest absolute Gasteiger partial charge is 0.259 e. The second kappa shape index (κ2) is 7.43. The molecule has 0 spiro atoms. The minimum absolute atomic E-state index is 0.214. The quantitative estimate of drug-likeness (QED) is 0.449. The lowest BCUT2D eigenvalue weighted by Gasteiger charge is -2.15. The molecule has 0 bridgehead atoms. The first-order valence-corrected chi connectivity index (χ1v) is 9.87. The van der Waals surface area contributed by atoms with E-state index in [9.17, 15) is 14.0 Å². The molecule has 150 valence electrons. The monoisotopic (exact) mass is 394 g/mol. The number of methoxy groups -OCH3 is 1. The molecule has 2 heterocycles. The van der Waals surface area contributed by atoms with Crippen LogP contribution in [0.2, 0.25) is 0 Å². The van der Waals surface area contributed by atoms with Crippen molar-refractivity contribution in [2.24, 2.45) is 5.92 Å². The maximum atomic E-state index is 13.9. The minimum atomic E-state index is -0.497. The zero-order chi connectivity index (χ0) is 20.7. The molecule has 0 saturated heterocycles. The molecule has 1 aliphatic carbocycles. The number of ketones is 1. The van der Waals surface area contributed by atoms with E-state index in [1.165, 1.54) is 25.3 Å². The minimum Gasteiger partial charge on any atom is -0.495 e. The van der Waals surface area contributed by atoms with Gasteiger partial charge in [0, 0.05) is 11.9 Å². The first-order chi connectivity index (χ1) is 13.9. The van der Waals surface area contributed by atoms with Crippen LogP contribution in [0.15, 0.2) is 35.3 Å². The molecule has 4 rings (SSSR count). The van der Waals surface area contributed by atoms with Gasteiger partial charge >= 0.3 is 0 Å². The summed E-state index contributed by atoms with van der Waals surface area (Å²) in [6.45, 7) is 4.78. The number of rotatable bonds is 6. The van der Waals surface area contributed by atoms with E-state index in [4.69, 9.17) is 4.74 Å². The van der Waals surface area contributed by atoms with Crippen molar-refractivity contribution in [1.29, 1.82) is 0 Å². The molecule has 0 radical (unpaired) electrons. The number of hydrogen-bond donors (Lipinski definition) is 0. The fourth-order valence-electron chi connectivity index (χ4n) is 3.99. The third-order valence-electron chi connectivity index (χ3n) is 5.44. The molecule has 0 atom stereocenters. The van der Waals surface area contributed by atoms with E-state index in [2.05, 4.69) is 18.8 Å². The number of benzene rings is 1. The fraction of sp³-hybridized carbons (Fsp3) is 0.348. The zero-order valence-electron chi connectivity index (χ0n) is 16.8. The van der Waals surface area contributed by atoms with Gasteiger partial charge in [-0.25, -0.2) is 4.39 Å². The molecule has 1 aromatic carbocycles. The number of unbranched alkanes of at least 4 members (excludes halogenated alkanes) is 1. The number of carbonyl (C=O) groups is 1. The van der Waals surface area contributed by atoms with E-state index in [1.54, 1.807) is 16.8 Å². The van der Waals surface area contributed by atoms with Crippen molar-refractivity contribution in [3.63, 3.8) is 0 Å². The molecule has 5 nitrogen and oxygen atoms in total. The molecule has 6 heteroatoms. The van der Waals surface area contributed by atoms with Crippen molar-refractivity contribution in [3.05, 3.63) is 57.8 Å². The molecule has 0 amide bonds. The molecule has 3 aromatic rings. The summed E-state index contributed by atoms with van der Waals surface area (Å²) in [5, 5.41) is 0.688. The van der Waals surface area contributed by atoms with Crippen molar-refractivity contribution in [2.45, 2.75) is 39.7 Å². The van der Waals surface area contributed by atoms with Gasteiger partial charge in [0.15, 0.2) is 5.78 Å². The highest BCUT2D eigenvalue weighted by molar-refractivity contribution is 6.26. The Morgan fingerprint density at radius 3 is 2.66 bits per heavy atom. The van der Waals surface area contributed by atoms with Gasteiger partial charge in [0.2, 0.25) is 0 Å². The maximum absolute atomic E-state index is 13.9. The van der Waals surface area contributed by atoms with Crippen molar-refractivity contribution in [1.82, 2.24) is 9.55 Å². The molecule has 0 saturated carbocycles. The standard InChI is InChI=1S/C23H23FN2O3/c1-13(2)6-4-5-9-26-21-19(16-8-7-14(24)10-17(16)23(26)28)22(27)18-11-15(29-3)12-25-20(18)21/h7-8,10-13H,4-6,9H2,1-3H3. The normalized spacial score (nSPS) is 12.5. The Bertz CT molecular complexity index is 1180. The first-order valence-electron chi connectivity index (χ1n) is 9.87. The summed E-state index contributed by atoms with van der Waals surface area (Å²) in [7, 11) is 1.51. The number of hydrogen-bond acceptors (Lipinski definition) is 4. The molecule has 0 aliphatic heterocycles. The van der Waals surface area contributed by atoms with Crippen LogP contribution in [-0.4, -0.2) is 22.4 Å². The van der Waals surface area contributed by atoms with Crippen molar-refractivity contribution in [2.75, 3.05) is 7.11 Å². The van der Waals surface area contributed by atoms with Crippen LogP contribution in [0.3, 0.4) is 0 Å². The summed E-state index contributed by atoms with van der Waals surface area (Å²) in [5.41, 5.74) is 1.55. The fourth-order valence-corrected chi connectivity index (χ4v) is 3.99. The maximum Gasteiger partial charge on any atom is 0.259 e. The summed E-state index contributed by atoms with van der Waals surface area (Å²) in [6, 6.07) is 5.65. The predicted molar refractivity (Wildman–Crippen MR) is 110 cm³/mol. The van der Waals surface area contributed by atoms with Crippen LogP contribution in [0.5, 0.6) is 5.75 Å². The van der Waals surface area contributed by atoms with E-state index < -0.39 is 5.82 Å². The lowest BCUT2D eigenvalue weighted by molar-refractivity contribution is 0.104. The predicted octanol–water partition coefficient (Wildman–Crippen LogP) is 4.58. The molecule has 0 N–H and O–H groups in total. The lowest BCUT2D eigenvalue weighted by Crippen LogP contribution is -2.23. The summed E-state index contributed by atoms with van der Waals surface area (Å²) in [5.74, 6) is 0.350. The van der Waals surface area contributed by atoms with E-state index in [0.29, 0.717) is 46.1 Å². The summed E-state index contributed by atoms with van der Waals surface area (Å²) in [4.78, 5) is 30.9. The molecule has 29 heavy (non-hydrogen) atoms. The number of aromatic nitrogens is 2. The number of halogens is 1. The summed E-state index contributed by atoms with van der Waals surface area (Å²) in [6.07, 6.45) is 4.37. The zero-order valence-corrected chi connectivity index (χ0v) is 16.8. The Balaban J connectivity index is 1.93. The van der Waals surface area contributed by atoms with Gasteiger partial charge in [-0.05, 0) is 30.5 Å². The second-order valence-electron chi connectivity index (χ2n) is 7.86. The van der Waals surface area contributed by atoms with Gasteiger partial charge in [-0.3, -0.25) is 14.6 Å². The average Bonchev–Trinajstić information content (AvgIpc) is 2.99. The van der Waals surface area contributed by atoms with Gasteiger partial charge in [0.25, 0.3) is 5.56 Å². The Morgan fingerprint density at radius 1 is 1.14 bits per heavy atom. The Morgan fingerprint density at radius 2 is 1.93 bits per heavy atom. The summed E-state index contributed by atoms with van der Waals surface area (Å²) >= 11 is 0. The number of pyridine rings is 2. The second-order valence-corrected chi connectivity index (χ2v) is 7.86. The summed E-state index contributed by atoms with van der Waals surface area (Å²) < 4.78 is 20.7. The molecule has 0 fully saturated rings. The van der Waals surface area contributed by atoms with Crippen LogP contribution < -0.4 is 10.3 Å². The number of carbonyl (C=O) groups excluding carboxylic acids is 1. The third kappa shape index (κ3) is 3.22. The van der Waals surface area contributed by atoms with Crippen molar-refractivity contribution >= 4 is 16.6 Å². The number of ether oxygens (including phenoxy) is 1. The Kier molecular flexibility index (Phi) is 4.94. The Labute approximate surface area is 168 Å². The average molecular weight is 394 g/mol. The number of fused-ring (bicyclic) bond motifs is 5. The topological polar surface area (TPSA) is 61.2 Å². The first kappa shape index (κ1) is 19.3. The van der Waals surface area contributed by atoms with Crippen LogP contribution in [0.25, 0.3) is 22.2 Å². The van der Waals surface area contributed by atoms with Crippen molar-refractivity contribution < 1.29 is 13.9 Å². The highest BCUT2D eigenvalue weighted by Gasteiger charge is 2.34. The third-order valence-corrected chi connectivity index (χ3v) is 5.44. The molecular weight excluding hydrogens is 371 g/mol. The van der Waals surface area contributed by atoms with Gasteiger partial charge in [-0.1, -0.05) is 32.8 Å². The van der Waals surface area contributed by atoms with Crippen LogP contribution in [0.4, 0.5) is 4.39 Å². The van der Waals surface area contributed by atoms with Crippen LogP contribution in [-0.2, 0) is 6.54 Å². The van der Waals surface area contributed by atoms with Crippen LogP contribution >= 0.6 is 0 Å². The number of nitrogens with zero attached hydrogens (tertiary/aromatic N) is 2. The molecule has 1 aliphatic rings. The van der Waals surface area contributed by atoms with Gasteiger partial charge < -0.3 is 9.30 Å². The van der Waals surface area contributed by atoms with Crippen LogP contribution in [0.1, 0.15) is 49.0 Å². The highest BCUT2D eigenvalue weighted by Crippen LogP contribution is 2.39. The molecule has 0 unspecified atom stereocenters. The molecule has 2 aromatic heterocycles. The van der Waals surface area contributed by atoms with Gasteiger partial charge in [-0.2, -0.15) is 0 Å². The molecular formula is C23H23FN2O3. The highest BCUT2D eigenvalue weighted by atomic mass is 19.1.